The summed E-state index contributed by atoms with van der Waals surface area (Å²) < 4.78 is 2.56. The van der Waals surface area contributed by atoms with E-state index in [1.807, 2.05) is 17.8 Å². The van der Waals surface area contributed by atoms with Crippen LogP contribution in [0, 0.1) is 5.92 Å². The number of nitrogens with zero attached hydrogens (tertiary/aromatic N) is 3. The molecule has 318 valence electrons. The molecule has 3 aliphatic rings. The molecule has 0 radical (unpaired) electrons. The summed E-state index contributed by atoms with van der Waals surface area (Å²) in [6, 6.07) is 24.6. The molecule has 2 aromatic carbocycles. The minimum absolute atomic E-state index is 0.161. The zero-order valence-corrected chi connectivity index (χ0v) is 39.2. The predicted molar refractivity (Wildman–Crippen MR) is 273 cm³/mol. The zero-order chi connectivity index (χ0) is 43.8. The first-order chi connectivity index (χ1) is 30.3. The fourth-order valence-electron chi connectivity index (χ4n) is 9.19. The second-order valence-corrected chi connectivity index (χ2v) is 18.0. The Balaban J connectivity index is 1.58. The van der Waals surface area contributed by atoms with E-state index in [2.05, 4.69) is 194 Å². The molecule has 3 unspecified atom stereocenters. The van der Waals surface area contributed by atoms with Crippen molar-refractivity contribution in [3.05, 3.63) is 178 Å². The number of hydrogen-bond acceptors (Lipinski definition) is 3. The first-order valence-electron chi connectivity index (χ1n) is 23.1. The van der Waals surface area contributed by atoms with Gasteiger partial charge >= 0.3 is 0 Å². The smallest absolute Gasteiger partial charge is 0.162 e. The lowest BCUT2D eigenvalue weighted by Gasteiger charge is -2.27. The van der Waals surface area contributed by atoms with Gasteiger partial charge in [-0.1, -0.05) is 163 Å². The number of aromatic nitrogens is 3. The summed E-state index contributed by atoms with van der Waals surface area (Å²) in [5, 5.41) is 1.67. The highest BCUT2D eigenvalue weighted by Crippen LogP contribution is 2.49. The highest BCUT2D eigenvalue weighted by atomic mass is 32.2. The molecular weight excluding hydrogens is 771 g/mol. The molecule has 0 saturated carbocycles. The van der Waals surface area contributed by atoms with E-state index in [4.69, 9.17) is 9.97 Å². The fourth-order valence-corrected chi connectivity index (χ4v) is 10.6. The van der Waals surface area contributed by atoms with Crippen molar-refractivity contribution in [2.45, 2.75) is 112 Å². The van der Waals surface area contributed by atoms with Crippen LogP contribution in [-0.4, -0.2) is 19.8 Å². The second-order valence-electron chi connectivity index (χ2n) is 16.7. The van der Waals surface area contributed by atoms with Crippen molar-refractivity contribution >= 4 is 46.1 Å². The van der Waals surface area contributed by atoms with Crippen LogP contribution in [0.1, 0.15) is 128 Å². The third-order valence-electron chi connectivity index (χ3n) is 12.6. The van der Waals surface area contributed by atoms with E-state index in [-0.39, 0.29) is 5.92 Å². The lowest BCUT2D eigenvalue weighted by Crippen LogP contribution is -2.13. The van der Waals surface area contributed by atoms with Crippen molar-refractivity contribution < 1.29 is 0 Å². The molecule has 0 fully saturated rings. The summed E-state index contributed by atoms with van der Waals surface area (Å²) in [7, 11) is 0. The SMILES string of the molecule is C=Cc1c(/C=C\CC)nc(-c2ccc3c4cc(cccc(CC)n(C5=CCC6SC(C/C=C\C)=C(C)C6=C5)c24)/C(=C/C=C(/CCC)C(C)/C=C\CC)C3C)nc1-c1ccccc1. The minimum atomic E-state index is 0.161. The topological polar surface area (TPSA) is 30.7 Å². The molecule has 3 nitrogen and oxygen atoms in total. The molecule has 3 heterocycles. The number of thioether (sulfide) groups is 1. The average molecular weight is 836 g/mol. The van der Waals surface area contributed by atoms with Gasteiger partial charge in [0.25, 0.3) is 0 Å². The van der Waals surface area contributed by atoms with Crippen LogP contribution in [0.15, 0.2) is 150 Å². The summed E-state index contributed by atoms with van der Waals surface area (Å²) in [4.78, 5) is 12.4. The lowest BCUT2D eigenvalue weighted by atomic mass is 9.81. The molecule has 4 aromatic rings. The van der Waals surface area contributed by atoms with Crippen LogP contribution in [0.4, 0.5) is 0 Å². The van der Waals surface area contributed by atoms with E-state index < -0.39 is 0 Å². The molecule has 7 rings (SSSR count). The molecule has 0 spiro atoms. The first-order valence-corrected chi connectivity index (χ1v) is 23.9. The Hall–Kier alpha value is -5.45. The number of allylic oxidation sites excluding steroid dienone is 14. The van der Waals surface area contributed by atoms with Gasteiger partial charge in [0, 0.05) is 44.6 Å². The standard InChI is InChI=1S/C58H65N3S/c1-10-16-24-39(7)42(23-13-4)31-33-48-40(8)49-34-35-50(58-59-53(29-17-11-2)47(15-6)56(60-58)43-25-20-19-21-26-43)57-52(49)37-44(48)27-22-28-45(14-5)61(57)46-32-36-55-51(38-46)41(9)54(62-55)30-18-12-3/h12,15-22,24-29,31-35,37-40,55H,6,10-11,13-14,23,30,36H2,1-5,7-9H3/b18-12-,24-16-,27-22?,29-17-,42-31-,45-28?,48-33+. The highest BCUT2D eigenvalue weighted by molar-refractivity contribution is 8.04. The van der Waals surface area contributed by atoms with Crippen molar-refractivity contribution in [3.63, 3.8) is 0 Å². The normalized spacial score (nSPS) is 18.6. The van der Waals surface area contributed by atoms with Gasteiger partial charge in [-0.2, -0.15) is 0 Å². The molecule has 0 amide bonds. The van der Waals surface area contributed by atoms with Crippen LogP contribution in [0.2, 0.25) is 0 Å². The van der Waals surface area contributed by atoms with Gasteiger partial charge in [0.15, 0.2) is 5.82 Å². The van der Waals surface area contributed by atoms with E-state index in [9.17, 15) is 0 Å². The average Bonchev–Trinajstić information content (AvgIpc) is 3.64. The van der Waals surface area contributed by atoms with Crippen LogP contribution in [0.25, 0.3) is 57.0 Å². The molecule has 0 saturated heterocycles. The quantitative estimate of drug-likeness (QED) is 0.112. The monoisotopic (exact) mass is 835 g/mol. The Morgan fingerprint density at radius 2 is 1.74 bits per heavy atom. The van der Waals surface area contributed by atoms with Gasteiger partial charge in [-0.05, 0) is 121 Å². The Bertz CT molecular complexity index is 2640. The number of fused-ring (bicyclic) bond motifs is 2. The molecule has 2 aliphatic carbocycles. The van der Waals surface area contributed by atoms with E-state index in [1.54, 1.807) is 0 Å². The van der Waals surface area contributed by atoms with Gasteiger partial charge in [0.05, 0.1) is 16.9 Å². The van der Waals surface area contributed by atoms with Crippen LogP contribution >= 0.6 is 11.8 Å². The molecule has 0 N–H and O–H groups in total. The van der Waals surface area contributed by atoms with E-state index in [1.165, 1.54) is 55.1 Å². The van der Waals surface area contributed by atoms with Crippen LogP contribution in [0.3, 0.4) is 0 Å². The maximum absolute atomic E-state index is 5.50. The van der Waals surface area contributed by atoms with Crippen LogP contribution in [-0.2, 0) is 6.42 Å². The van der Waals surface area contributed by atoms with Gasteiger partial charge in [0.2, 0.25) is 0 Å². The summed E-state index contributed by atoms with van der Waals surface area (Å²) in [6.07, 6.45) is 32.2. The summed E-state index contributed by atoms with van der Waals surface area (Å²) in [6.45, 7) is 22.4. The van der Waals surface area contributed by atoms with Crippen LogP contribution < -0.4 is 0 Å². The molecule has 62 heavy (non-hydrogen) atoms. The zero-order valence-electron chi connectivity index (χ0n) is 38.3. The Kier molecular flexibility index (Phi) is 14.8. The summed E-state index contributed by atoms with van der Waals surface area (Å²) in [5.74, 6) is 1.28. The predicted octanol–water partition coefficient (Wildman–Crippen LogP) is 16.9. The molecule has 3 atom stereocenters. The molecule has 1 aliphatic heterocycles. The molecular formula is C58H65N3S. The van der Waals surface area contributed by atoms with E-state index >= 15 is 0 Å². The Morgan fingerprint density at radius 1 is 0.952 bits per heavy atom. The first kappa shape index (κ1) is 44.6. The van der Waals surface area contributed by atoms with Gasteiger partial charge in [0.1, 0.15) is 0 Å². The van der Waals surface area contributed by atoms with E-state index in [0.29, 0.717) is 17.0 Å². The maximum atomic E-state index is 5.50. The van der Waals surface area contributed by atoms with Crippen LogP contribution in [0.5, 0.6) is 0 Å². The van der Waals surface area contributed by atoms with Crippen molar-refractivity contribution in [1.29, 1.82) is 0 Å². The number of aryl methyl sites for hydroxylation is 1. The van der Waals surface area contributed by atoms with Gasteiger partial charge in [-0.15, -0.1) is 11.8 Å². The van der Waals surface area contributed by atoms with Gasteiger partial charge in [-0.3, -0.25) is 0 Å². The third-order valence-corrected chi connectivity index (χ3v) is 14.1. The van der Waals surface area contributed by atoms with Crippen molar-refractivity contribution in [2.75, 3.05) is 0 Å². The number of benzene rings is 2. The third kappa shape index (κ3) is 9.18. The maximum Gasteiger partial charge on any atom is 0.162 e. The summed E-state index contributed by atoms with van der Waals surface area (Å²) >= 11 is 2.05. The highest BCUT2D eigenvalue weighted by Gasteiger charge is 2.31. The fraction of sp³-hybridized carbons (Fsp3) is 0.310. The number of hydrogen-bond donors (Lipinski definition) is 0. The van der Waals surface area contributed by atoms with Gasteiger partial charge < -0.3 is 4.57 Å². The van der Waals surface area contributed by atoms with Crippen molar-refractivity contribution in [3.8, 4) is 22.6 Å². The Labute approximate surface area is 376 Å². The number of rotatable bonds is 15. The van der Waals surface area contributed by atoms with Gasteiger partial charge in [-0.25, -0.2) is 9.97 Å². The van der Waals surface area contributed by atoms with E-state index in [0.717, 1.165) is 78.5 Å². The largest absolute Gasteiger partial charge is 0.313 e. The molecule has 4 heteroatoms. The minimum Gasteiger partial charge on any atom is -0.313 e. The van der Waals surface area contributed by atoms with Crippen molar-refractivity contribution in [2.24, 2.45) is 5.92 Å². The summed E-state index contributed by atoms with van der Waals surface area (Å²) in [5.41, 5.74) is 16.6. The Morgan fingerprint density at radius 3 is 2.47 bits per heavy atom. The molecule has 2 bridgehead atoms. The van der Waals surface area contributed by atoms with Crippen molar-refractivity contribution in [1.82, 2.24) is 14.5 Å². The lowest BCUT2D eigenvalue weighted by molar-refractivity contribution is 0.758. The molecule has 2 aromatic heterocycles. The second kappa shape index (κ2) is 20.6.